The van der Waals surface area contributed by atoms with Gasteiger partial charge >= 0.3 is 0 Å². The normalized spacial score (nSPS) is 11.9. The molecule has 0 bridgehead atoms. The van der Waals surface area contributed by atoms with E-state index in [2.05, 4.69) is 27.6 Å². The third kappa shape index (κ3) is 5.39. The second-order valence-electron chi connectivity index (χ2n) is 6.98. The lowest BCUT2D eigenvalue weighted by Gasteiger charge is -2.18. The van der Waals surface area contributed by atoms with Crippen LogP contribution in [0.15, 0.2) is 77.3 Å². The number of thiophene rings is 1. The molecule has 0 aliphatic rings. The maximum atomic E-state index is 13.3. The van der Waals surface area contributed by atoms with Crippen molar-refractivity contribution in [1.82, 2.24) is 20.1 Å². The minimum atomic E-state index is -0.318. The molecule has 4 aromatic rings. The molecule has 1 N–H and O–H groups in total. The van der Waals surface area contributed by atoms with E-state index in [9.17, 15) is 9.18 Å². The van der Waals surface area contributed by atoms with Gasteiger partial charge in [-0.15, -0.1) is 21.5 Å². The molecule has 0 aliphatic carbocycles. The highest BCUT2D eigenvalue weighted by Gasteiger charge is 2.19. The van der Waals surface area contributed by atoms with Gasteiger partial charge in [0.1, 0.15) is 11.6 Å². The van der Waals surface area contributed by atoms with E-state index in [1.54, 1.807) is 23.5 Å². The Morgan fingerprint density at radius 2 is 1.87 bits per heavy atom. The van der Waals surface area contributed by atoms with Gasteiger partial charge in [-0.25, -0.2) is 4.39 Å². The maximum absolute atomic E-state index is 13.3. The third-order valence-electron chi connectivity index (χ3n) is 4.80. The van der Waals surface area contributed by atoms with Crippen molar-refractivity contribution in [3.8, 4) is 0 Å². The molecule has 5 nitrogen and oxygen atoms in total. The number of halogens is 1. The Morgan fingerprint density at radius 3 is 2.58 bits per heavy atom. The lowest BCUT2D eigenvalue weighted by Crippen LogP contribution is -2.30. The number of carbonyl (C=O) groups excluding carboxylic acids is 1. The second-order valence-corrected chi connectivity index (χ2v) is 8.90. The van der Waals surface area contributed by atoms with Crippen molar-refractivity contribution in [2.45, 2.75) is 17.6 Å². The van der Waals surface area contributed by atoms with Gasteiger partial charge in [-0.3, -0.25) is 4.79 Å². The SMILES string of the molecule is Cn1c(Cc2ccccc2)nnc1SCC(=O)N[C@@H](c1ccc(F)cc1)c1cccs1. The molecule has 158 valence electrons. The first-order chi connectivity index (χ1) is 15.1. The fourth-order valence-electron chi connectivity index (χ4n) is 3.17. The molecule has 2 aromatic heterocycles. The number of benzene rings is 2. The van der Waals surface area contributed by atoms with Gasteiger partial charge in [0.15, 0.2) is 5.16 Å². The van der Waals surface area contributed by atoms with Crippen molar-refractivity contribution in [2.24, 2.45) is 7.05 Å². The smallest absolute Gasteiger partial charge is 0.231 e. The van der Waals surface area contributed by atoms with E-state index in [1.807, 2.05) is 47.3 Å². The molecule has 0 unspecified atom stereocenters. The molecule has 31 heavy (non-hydrogen) atoms. The summed E-state index contributed by atoms with van der Waals surface area (Å²) in [5.74, 6) is 0.627. The van der Waals surface area contributed by atoms with Crippen LogP contribution in [0.4, 0.5) is 4.39 Å². The molecule has 0 radical (unpaired) electrons. The van der Waals surface area contributed by atoms with Crippen LogP contribution in [0.2, 0.25) is 0 Å². The molecular weight excluding hydrogens is 431 g/mol. The van der Waals surface area contributed by atoms with E-state index in [0.717, 1.165) is 21.8 Å². The highest BCUT2D eigenvalue weighted by Crippen LogP contribution is 2.27. The Hall–Kier alpha value is -2.97. The predicted molar refractivity (Wildman–Crippen MR) is 122 cm³/mol. The Balaban J connectivity index is 1.40. The number of amides is 1. The van der Waals surface area contributed by atoms with Crippen LogP contribution in [0.3, 0.4) is 0 Å². The summed E-state index contributed by atoms with van der Waals surface area (Å²) in [7, 11) is 1.91. The van der Waals surface area contributed by atoms with Gasteiger partial charge < -0.3 is 9.88 Å². The fourth-order valence-corrected chi connectivity index (χ4v) is 4.71. The van der Waals surface area contributed by atoms with Crippen molar-refractivity contribution in [2.75, 3.05) is 5.75 Å². The number of nitrogens with one attached hydrogen (secondary N) is 1. The van der Waals surface area contributed by atoms with E-state index in [4.69, 9.17) is 0 Å². The van der Waals surface area contributed by atoms with Crippen molar-refractivity contribution >= 4 is 29.0 Å². The fraction of sp³-hybridized carbons (Fsp3) is 0.174. The van der Waals surface area contributed by atoms with Crippen LogP contribution in [-0.4, -0.2) is 26.4 Å². The average Bonchev–Trinajstić information content (AvgIpc) is 3.43. The maximum Gasteiger partial charge on any atom is 0.231 e. The molecule has 0 saturated carbocycles. The van der Waals surface area contributed by atoms with E-state index in [-0.39, 0.29) is 23.5 Å². The first-order valence-electron chi connectivity index (χ1n) is 9.73. The molecule has 0 saturated heterocycles. The summed E-state index contributed by atoms with van der Waals surface area (Å²) in [5, 5.41) is 14.2. The van der Waals surface area contributed by atoms with Crippen LogP contribution in [0.1, 0.15) is 27.9 Å². The number of hydrogen-bond donors (Lipinski definition) is 1. The molecule has 1 atom stereocenters. The number of rotatable bonds is 8. The van der Waals surface area contributed by atoms with Gasteiger partial charge in [0, 0.05) is 18.3 Å². The van der Waals surface area contributed by atoms with Gasteiger partial charge in [0.2, 0.25) is 5.91 Å². The van der Waals surface area contributed by atoms with E-state index < -0.39 is 0 Å². The highest BCUT2D eigenvalue weighted by atomic mass is 32.2. The highest BCUT2D eigenvalue weighted by molar-refractivity contribution is 7.99. The number of carbonyl (C=O) groups is 1. The topological polar surface area (TPSA) is 59.8 Å². The number of thioether (sulfide) groups is 1. The number of aromatic nitrogens is 3. The predicted octanol–water partition coefficient (Wildman–Crippen LogP) is 4.60. The van der Waals surface area contributed by atoms with Gasteiger partial charge in [-0.2, -0.15) is 0 Å². The summed E-state index contributed by atoms with van der Waals surface area (Å²) in [6.45, 7) is 0. The summed E-state index contributed by atoms with van der Waals surface area (Å²) in [5.41, 5.74) is 2.00. The van der Waals surface area contributed by atoms with E-state index in [1.165, 1.54) is 23.9 Å². The minimum absolute atomic E-state index is 0.125. The number of hydrogen-bond acceptors (Lipinski definition) is 5. The van der Waals surface area contributed by atoms with Crippen LogP contribution in [-0.2, 0) is 18.3 Å². The summed E-state index contributed by atoms with van der Waals surface area (Å²) in [6.07, 6.45) is 0.683. The quantitative estimate of drug-likeness (QED) is 0.397. The van der Waals surface area contributed by atoms with Crippen LogP contribution >= 0.6 is 23.1 Å². The van der Waals surface area contributed by atoms with Crippen LogP contribution < -0.4 is 5.32 Å². The Morgan fingerprint density at radius 1 is 1.10 bits per heavy atom. The zero-order chi connectivity index (χ0) is 21.6. The van der Waals surface area contributed by atoms with Crippen molar-refractivity contribution in [1.29, 1.82) is 0 Å². The lowest BCUT2D eigenvalue weighted by atomic mass is 10.1. The Bertz CT molecular complexity index is 1130. The molecular formula is C23H21FN4OS2. The molecule has 0 spiro atoms. The van der Waals surface area contributed by atoms with E-state index >= 15 is 0 Å². The van der Waals surface area contributed by atoms with Gasteiger partial charge in [0.25, 0.3) is 0 Å². The minimum Gasteiger partial charge on any atom is -0.344 e. The van der Waals surface area contributed by atoms with Crippen molar-refractivity contribution < 1.29 is 9.18 Å². The molecule has 2 heterocycles. The lowest BCUT2D eigenvalue weighted by molar-refractivity contribution is -0.119. The monoisotopic (exact) mass is 452 g/mol. The zero-order valence-electron chi connectivity index (χ0n) is 16.9. The first kappa shape index (κ1) is 21.3. The van der Waals surface area contributed by atoms with Gasteiger partial charge in [0.05, 0.1) is 11.8 Å². The summed E-state index contributed by atoms with van der Waals surface area (Å²) in [4.78, 5) is 13.7. The van der Waals surface area contributed by atoms with Crippen LogP contribution in [0.5, 0.6) is 0 Å². The van der Waals surface area contributed by atoms with Crippen LogP contribution in [0.25, 0.3) is 0 Å². The summed E-state index contributed by atoms with van der Waals surface area (Å²) in [6, 6.07) is 19.9. The van der Waals surface area contributed by atoms with Gasteiger partial charge in [-0.1, -0.05) is 60.3 Å². The average molecular weight is 453 g/mol. The number of nitrogens with zero attached hydrogens (tertiary/aromatic N) is 3. The molecule has 1 amide bonds. The van der Waals surface area contributed by atoms with Crippen LogP contribution in [0, 0.1) is 5.82 Å². The first-order valence-corrected chi connectivity index (χ1v) is 11.6. The molecule has 0 aliphatic heterocycles. The standard InChI is InChI=1S/C23H21FN4OS2/c1-28-20(14-16-6-3-2-4-7-16)26-27-23(28)31-15-21(29)25-22(19-8-5-13-30-19)17-9-11-18(24)12-10-17/h2-13,22H,14-15H2,1H3,(H,25,29)/t22-/m0/s1. The molecule has 4 rings (SSSR count). The molecule has 0 fully saturated rings. The Labute approximate surface area is 188 Å². The molecule has 8 heteroatoms. The largest absolute Gasteiger partial charge is 0.344 e. The summed E-state index contributed by atoms with van der Waals surface area (Å²) < 4.78 is 15.3. The second kappa shape index (κ2) is 9.89. The molecule has 2 aromatic carbocycles. The van der Waals surface area contributed by atoms with E-state index in [0.29, 0.717) is 11.6 Å². The third-order valence-corrected chi connectivity index (χ3v) is 6.76. The Kier molecular flexibility index (Phi) is 6.79. The summed E-state index contributed by atoms with van der Waals surface area (Å²) >= 11 is 2.90. The zero-order valence-corrected chi connectivity index (χ0v) is 18.5. The van der Waals surface area contributed by atoms with Crippen molar-refractivity contribution in [3.05, 3.63) is 99.8 Å². The van der Waals surface area contributed by atoms with Gasteiger partial charge in [-0.05, 0) is 34.7 Å². The van der Waals surface area contributed by atoms with Crippen molar-refractivity contribution in [3.63, 3.8) is 0 Å².